The molecule has 0 fully saturated rings. The van der Waals surface area contributed by atoms with Gasteiger partial charge in [-0.3, -0.25) is 14.4 Å². The van der Waals surface area contributed by atoms with Crippen LogP contribution in [0.3, 0.4) is 0 Å². The predicted octanol–water partition coefficient (Wildman–Crippen LogP) is 3.21. The second-order valence-corrected chi connectivity index (χ2v) is 11.9. The average Bonchev–Trinajstić information content (AvgIpc) is 3.02. The molecule has 14 nitrogen and oxygen atoms in total. The summed E-state index contributed by atoms with van der Waals surface area (Å²) in [5, 5.41) is 17.8. The van der Waals surface area contributed by atoms with E-state index in [0.29, 0.717) is 38.5 Å². The summed E-state index contributed by atoms with van der Waals surface area (Å²) >= 11 is 0. The molecule has 0 radical (unpaired) electrons. The van der Waals surface area contributed by atoms with Gasteiger partial charge >= 0.3 is 35.8 Å². The molecule has 0 aromatic carbocycles. The fourth-order valence-electron chi connectivity index (χ4n) is 3.73. The lowest BCUT2D eigenvalue weighted by molar-refractivity contribution is -0.169. The minimum atomic E-state index is -1.30. The van der Waals surface area contributed by atoms with Crippen molar-refractivity contribution in [3.05, 3.63) is 36.5 Å². The number of carbonyl (C=O) groups excluding carboxylic acids is 6. The Kier molecular flexibility index (Phi) is 22.1. The maximum absolute atomic E-state index is 13.0. The molecule has 48 heavy (non-hydrogen) atoms. The minimum absolute atomic E-state index is 0.000605. The van der Waals surface area contributed by atoms with Gasteiger partial charge in [-0.25, -0.2) is 14.4 Å². The molecule has 272 valence electrons. The van der Waals surface area contributed by atoms with Gasteiger partial charge in [0, 0.05) is 42.8 Å². The number of carbonyl (C=O) groups is 6. The number of esters is 6. The maximum atomic E-state index is 13.0. The van der Waals surface area contributed by atoms with Crippen molar-refractivity contribution in [3.63, 3.8) is 0 Å². The molecular formula is C34H52O14. The summed E-state index contributed by atoms with van der Waals surface area (Å²) in [6.07, 6.45) is 0.865. The van der Waals surface area contributed by atoms with Gasteiger partial charge in [-0.2, -0.15) is 0 Å². The Bertz CT molecular complexity index is 1120. The van der Waals surface area contributed by atoms with E-state index in [-0.39, 0.29) is 49.2 Å². The zero-order valence-electron chi connectivity index (χ0n) is 28.7. The molecule has 0 saturated carbocycles. The Balaban J connectivity index is 5.23. The van der Waals surface area contributed by atoms with Gasteiger partial charge in [-0.05, 0) is 59.8 Å². The lowest BCUT2D eigenvalue weighted by Gasteiger charge is -2.25. The van der Waals surface area contributed by atoms with E-state index in [1.165, 1.54) is 27.7 Å². The van der Waals surface area contributed by atoms with Crippen LogP contribution in [-0.4, -0.2) is 97.9 Å². The number of aliphatic hydroxyl groups excluding tert-OH is 2. The van der Waals surface area contributed by atoms with Crippen LogP contribution < -0.4 is 0 Å². The zero-order valence-corrected chi connectivity index (χ0v) is 28.7. The fourth-order valence-corrected chi connectivity index (χ4v) is 3.73. The molecule has 0 aromatic heterocycles. The normalized spacial score (nSPS) is 12.1. The lowest BCUT2D eigenvalue weighted by Crippen LogP contribution is -2.35. The van der Waals surface area contributed by atoms with Crippen molar-refractivity contribution in [2.45, 2.75) is 97.7 Å². The van der Waals surface area contributed by atoms with Crippen LogP contribution in [0.1, 0.15) is 85.5 Å². The number of rotatable bonds is 26. The van der Waals surface area contributed by atoms with Crippen LogP contribution in [0.5, 0.6) is 0 Å². The van der Waals surface area contributed by atoms with Crippen molar-refractivity contribution in [2.24, 2.45) is 5.41 Å². The topological polar surface area (TPSA) is 198 Å². The highest BCUT2D eigenvalue weighted by atomic mass is 16.6. The van der Waals surface area contributed by atoms with Crippen LogP contribution in [0.4, 0.5) is 0 Å². The largest absolute Gasteiger partial charge is 0.461 e. The first-order chi connectivity index (χ1) is 22.5. The van der Waals surface area contributed by atoms with Gasteiger partial charge < -0.3 is 38.6 Å². The Hall–Kier alpha value is -4.04. The third kappa shape index (κ3) is 20.3. The molecule has 2 atom stereocenters. The highest BCUT2D eigenvalue weighted by Crippen LogP contribution is 2.27. The highest BCUT2D eigenvalue weighted by molar-refractivity contribution is 5.89. The van der Waals surface area contributed by atoms with Crippen LogP contribution >= 0.6 is 0 Å². The smallest absolute Gasteiger partial charge is 0.333 e. The van der Waals surface area contributed by atoms with Crippen LogP contribution in [0.2, 0.25) is 0 Å². The van der Waals surface area contributed by atoms with E-state index in [9.17, 15) is 28.8 Å². The van der Waals surface area contributed by atoms with E-state index in [1.54, 1.807) is 0 Å². The maximum Gasteiger partial charge on any atom is 0.333 e. The van der Waals surface area contributed by atoms with E-state index < -0.39 is 79.9 Å². The summed E-state index contributed by atoms with van der Waals surface area (Å²) in [5.74, 6) is -4.32. The molecule has 0 rings (SSSR count). The van der Waals surface area contributed by atoms with Gasteiger partial charge in [0.05, 0.1) is 5.41 Å². The molecule has 0 heterocycles. The van der Waals surface area contributed by atoms with Gasteiger partial charge in [-0.1, -0.05) is 32.6 Å². The summed E-state index contributed by atoms with van der Waals surface area (Å²) in [6, 6.07) is 0. The van der Waals surface area contributed by atoms with Crippen molar-refractivity contribution < 1.29 is 67.4 Å². The molecule has 14 heteroatoms. The van der Waals surface area contributed by atoms with Gasteiger partial charge in [0.25, 0.3) is 0 Å². The highest BCUT2D eigenvalue weighted by Gasteiger charge is 2.33. The molecule has 2 unspecified atom stereocenters. The summed E-state index contributed by atoms with van der Waals surface area (Å²) < 4.78 is 31.4. The van der Waals surface area contributed by atoms with Crippen LogP contribution in [0.15, 0.2) is 36.5 Å². The Morgan fingerprint density at radius 1 is 0.583 bits per heavy atom. The molecule has 2 N–H and O–H groups in total. The van der Waals surface area contributed by atoms with Crippen molar-refractivity contribution in [1.29, 1.82) is 0 Å². The molecule has 0 aliphatic rings. The standard InChI is InChI=1S/C34H52O14/c1-23(2)30(39)43-19-26(47-28(37)14-10-8-12-16-35)21-45-32(41)25(5)18-34(6,7)33(42)46-22-27(20-44-31(40)24(3)4)48-29(38)15-11-9-13-17-36/h26-27,35-36H,1,3,5,8-22H2,2,4,6-7H3. The molecule has 0 bridgehead atoms. The molecule has 0 aliphatic carbocycles. The molecule has 0 aromatic rings. The Morgan fingerprint density at radius 2 is 0.958 bits per heavy atom. The lowest BCUT2D eigenvalue weighted by atomic mass is 9.86. The van der Waals surface area contributed by atoms with E-state index in [2.05, 4.69) is 19.7 Å². The van der Waals surface area contributed by atoms with Gasteiger partial charge in [0.15, 0.2) is 12.2 Å². The quantitative estimate of drug-likeness (QED) is 0.0583. The van der Waals surface area contributed by atoms with Crippen molar-refractivity contribution in [3.8, 4) is 0 Å². The van der Waals surface area contributed by atoms with E-state index in [4.69, 9.17) is 38.6 Å². The van der Waals surface area contributed by atoms with Crippen molar-refractivity contribution in [2.75, 3.05) is 39.6 Å². The molecule has 0 spiro atoms. The number of aliphatic hydroxyl groups is 2. The SMILES string of the molecule is C=C(C)C(=O)OCC(COC(=O)C(=C)CC(C)(C)C(=O)OCC(COC(=O)C(=C)C)OC(=O)CCCCCO)OC(=O)CCCCCO. The number of hydrogen-bond acceptors (Lipinski definition) is 14. The first-order valence-corrected chi connectivity index (χ1v) is 15.8. The summed E-state index contributed by atoms with van der Waals surface area (Å²) in [5.41, 5.74) is -1.17. The van der Waals surface area contributed by atoms with Crippen molar-refractivity contribution in [1.82, 2.24) is 0 Å². The second-order valence-electron chi connectivity index (χ2n) is 11.9. The summed E-state index contributed by atoms with van der Waals surface area (Å²) in [4.78, 5) is 74.0. The number of ether oxygens (including phenoxy) is 6. The average molecular weight is 685 g/mol. The van der Waals surface area contributed by atoms with Gasteiger partial charge in [-0.15, -0.1) is 0 Å². The Morgan fingerprint density at radius 3 is 1.33 bits per heavy atom. The van der Waals surface area contributed by atoms with Gasteiger partial charge in [0.2, 0.25) is 0 Å². The first-order valence-electron chi connectivity index (χ1n) is 15.8. The van der Waals surface area contributed by atoms with Crippen LogP contribution in [0.25, 0.3) is 0 Å². The van der Waals surface area contributed by atoms with E-state index >= 15 is 0 Å². The van der Waals surface area contributed by atoms with Crippen LogP contribution in [0, 0.1) is 5.41 Å². The third-order valence-electron chi connectivity index (χ3n) is 6.47. The Labute approximate surface area is 282 Å². The summed E-state index contributed by atoms with van der Waals surface area (Å²) in [6.45, 7) is 14.8. The monoisotopic (exact) mass is 684 g/mol. The first kappa shape index (κ1) is 44.0. The molecule has 0 aliphatic heterocycles. The number of unbranched alkanes of at least 4 members (excludes halogenated alkanes) is 4. The van der Waals surface area contributed by atoms with Gasteiger partial charge in [0.1, 0.15) is 26.4 Å². The van der Waals surface area contributed by atoms with E-state index in [1.807, 2.05) is 0 Å². The molecule has 0 amide bonds. The second kappa shape index (κ2) is 24.2. The third-order valence-corrected chi connectivity index (χ3v) is 6.47. The van der Waals surface area contributed by atoms with Crippen molar-refractivity contribution >= 4 is 35.8 Å². The predicted molar refractivity (Wildman–Crippen MR) is 172 cm³/mol. The summed E-state index contributed by atoms with van der Waals surface area (Å²) in [7, 11) is 0. The number of hydrogen-bond donors (Lipinski definition) is 2. The molecular weight excluding hydrogens is 632 g/mol. The molecule has 0 saturated heterocycles. The van der Waals surface area contributed by atoms with Crippen LogP contribution in [-0.2, 0) is 57.2 Å². The minimum Gasteiger partial charge on any atom is -0.461 e. The van der Waals surface area contributed by atoms with E-state index in [0.717, 1.165) is 0 Å². The zero-order chi connectivity index (χ0) is 36.7. The fraction of sp³-hybridized carbons (Fsp3) is 0.647.